The van der Waals surface area contributed by atoms with Gasteiger partial charge in [0.05, 0.1) is 29.5 Å². The average Bonchev–Trinajstić information content (AvgIpc) is 3.43. The molecule has 1 amide bonds. The van der Waals surface area contributed by atoms with Gasteiger partial charge in [0.15, 0.2) is 0 Å². The second-order valence-electron chi connectivity index (χ2n) is 7.29. The molecule has 0 radical (unpaired) electrons. The Bertz CT molecular complexity index is 1030. The van der Waals surface area contributed by atoms with E-state index in [0.717, 1.165) is 37.2 Å². The summed E-state index contributed by atoms with van der Waals surface area (Å²) in [5.41, 5.74) is 0.622. The molecular weight excluding hydrogens is 397 g/mol. The van der Waals surface area contributed by atoms with Crippen LogP contribution in [0, 0.1) is 0 Å². The number of amides is 1. The Morgan fingerprint density at radius 1 is 1.30 bits per heavy atom. The van der Waals surface area contributed by atoms with E-state index in [0.29, 0.717) is 5.69 Å². The van der Waals surface area contributed by atoms with Crippen LogP contribution in [0.4, 0.5) is 18.9 Å². The van der Waals surface area contributed by atoms with Gasteiger partial charge < -0.3 is 9.88 Å². The number of aryl methyl sites for hydroxylation is 1. The third-order valence-electron chi connectivity index (χ3n) is 5.30. The molecule has 7 nitrogen and oxygen atoms in total. The Morgan fingerprint density at radius 2 is 2.13 bits per heavy atom. The maximum absolute atomic E-state index is 13.2. The van der Waals surface area contributed by atoms with Crippen LogP contribution in [0.1, 0.15) is 30.1 Å². The summed E-state index contributed by atoms with van der Waals surface area (Å²) in [7, 11) is 1.96. The van der Waals surface area contributed by atoms with Crippen molar-refractivity contribution in [2.75, 3.05) is 18.4 Å². The van der Waals surface area contributed by atoms with E-state index in [2.05, 4.69) is 15.4 Å². The van der Waals surface area contributed by atoms with Crippen molar-refractivity contribution in [1.29, 1.82) is 0 Å². The maximum Gasteiger partial charge on any atom is 0.416 e. The Labute approximate surface area is 171 Å². The third kappa shape index (κ3) is 4.09. The van der Waals surface area contributed by atoms with Crippen LogP contribution in [0.5, 0.6) is 0 Å². The van der Waals surface area contributed by atoms with Crippen LogP contribution < -0.4 is 5.32 Å². The first-order valence-corrected chi connectivity index (χ1v) is 9.54. The fraction of sp³-hybridized carbons (Fsp3) is 0.350. The molecule has 1 aromatic carbocycles. The zero-order valence-electron chi connectivity index (χ0n) is 16.3. The Balaban J connectivity index is 1.55. The van der Waals surface area contributed by atoms with Crippen molar-refractivity contribution in [3.63, 3.8) is 0 Å². The summed E-state index contributed by atoms with van der Waals surface area (Å²) in [6.07, 6.45) is 1.96. The number of carbonyl (C=O) groups excluding carboxylic acids is 1. The van der Waals surface area contributed by atoms with E-state index in [1.165, 1.54) is 23.4 Å². The largest absolute Gasteiger partial charge is 0.416 e. The Kier molecular flexibility index (Phi) is 5.33. The molecular formula is C20H21F3N6O. The first-order chi connectivity index (χ1) is 14.3. The Hall–Kier alpha value is -3.14. The summed E-state index contributed by atoms with van der Waals surface area (Å²) in [5.74, 6) is -0.378. The van der Waals surface area contributed by atoms with Gasteiger partial charge in [0.2, 0.25) is 5.91 Å². The van der Waals surface area contributed by atoms with Gasteiger partial charge in [-0.15, -0.1) is 0 Å². The van der Waals surface area contributed by atoms with Gasteiger partial charge in [0, 0.05) is 18.9 Å². The van der Waals surface area contributed by atoms with E-state index in [1.54, 1.807) is 0 Å². The summed E-state index contributed by atoms with van der Waals surface area (Å²) in [5, 5.41) is 6.61. The number of benzene rings is 1. The SMILES string of the molecule is Cn1cccc1C1CCCN1CC(=O)Nc1cc(C(F)(F)F)ccc1-n1cncn1. The van der Waals surface area contributed by atoms with Crippen molar-refractivity contribution in [3.8, 4) is 5.69 Å². The number of alkyl halides is 3. The number of hydrogen-bond acceptors (Lipinski definition) is 4. The van der Waals surface area contributed by atoms with Gasteiger partial charge in [-0.1, -0.05) is 0 Å². The highest BCUT2D eigenvalue weighted by molar-refractivity contribution is 5.94. The fourth-order valence-electron chi connectivity index (χ4n) is 3.89. The molecule has 1 aliphatic rings. The molecule has 3 aromatic rings. The normalized spacial score (nSPS) is 17.4. The standard InChI is InChI=1S/C20H21F3N6O/c1-27-8-2-4-17(27)18-5-3-9-28(18)11-19(30)26-15-10-14(20(21,22)23)6-7-16(15)29-13-24-12-25-29/h2,4,6-8,10,12-13,18H,3,5,9,11H2,1H3,(H,26,30). The van der Waals surface area contributed by atoms with E-state index in [-0.39, 0.29) is 24.2 Å². The van der Waals surface area contributed by atoms with E-state index in [9.17, 15) is 18.0 Å². The highest BCUT2D eigenvalue weighted by Gasteiger charge is 2.32. The van der Waals surface area contributed by atoms with E-state index < -0.39 is 11.7 Å². The maximum atomic E-state index is 13.2. The van der Waals surface area contributed by atoms with E-state index >= 15 is 0 Å². The molecule has 0 aliphatic carbocycles. The molecule has 2 aromatic heterocycles. The summed E-state index contributed by atoms with van der Waals surface area (Å²) >= 11 is 0. The van der Waals surface area contributed by atoms with Gasteiger partial charge in [0.1, 0.15) is 12.7 Å². The number of halogens is 3. The van der Waals surface area contributed by atoms with Gasteiger partial charge in [-0.05, 0) is 49.7 Å². The summed E-state index contributed by atoms with van der Waals surface area (Å²) in [6, 6.07) is 7.24. The van der Waals surface area contributed by atoms with Gasteiger partial charge in [-0.25, -0.2) is 9.67 Å². The van der Waals surface area contributed by atoms with Crippen molar-refractivity contribution < 1.29 is 18.0 Å². The molecule has 1 unspecified atom stereocenters. The van der Waals surface area contributed by atoms with Gasteiger partial charge in [0.25, 0.3) is 0 Å². The van der Waals surface area contributed by atoms with Crippen LogP contribution in [-0.4, -0.2) is 43.2 Å². The highest BCUT2D eigenvalue weighted by Crippen LogP contribution is 2.34. The first kappa shape index (κ1) is 20.1. The number of nitrogens with one attached hydrogen (secondary N) is 1. The smallest absolute Gasteiger partial charge is 0.353 e. The summed E-state index contributed by atoms with van der Waals surface area (Å²) in [4.78, 5) is 18.6. The molecule has 10 heteroatoms. The molecule has 30 heavy (non-hydrogen) atoms. The minimum atomic E-state index is -4.52. The molecule has 1 atom stereocenters. The van der Waals surface area contributed by atoms with Crippen molar-refractivity contribution in [2.24, 2.45) is 7.05 Å². The predicted molar refractivity (Wildman–Crippen MR) is 104 cm³/mol. The molecule has 0 saturated carbocycles. The number of nitrogens with zero attached hydrogens (tertiary/aromatic N) is 5. The molecule has 4 rings (SSSR count). The second kappa shape index (κ2) is 7.94. The Morgan fingerprint density at radius 3 is 2.80 bits per heavy atom. The zero-order chi connectivity index (χ0) is 21.3. The topological polar surface area (TPSA) is 68.0 Å². The monoisotopic (exact) mass is 418 g/mol. The van der Waals surface area contributed by atoms with Crippen LogP contribution in [0.2, 0.25) is 0 Å². The van der Waals surface area contributed by atoms with Crippen LogP contribution in [-0.2, 0) is 18.0 Å². The van der Waals surface area contributed by atoms with E-state index in [1.807, 2.05) is 34.8 Å². The molecule has 3 heterocycles. The number of aromatic nitrogens is 4. The van der Waals surface area contributed by atoms with Crippen molar-refractivity contribution in [3.05, 3.63) is 60.4 Å². The number of likely N-dealkylation sites (tertiary alicyclic amines) is 1. The van der Waals surface area contributed by atoms with Crippen molar-refractivity contribution in [2.45, 2.75) is 25.1 Å². The lowest BCUT2D eigenvalue weighted by molar-refractivity contribution is -0.137. The molecule has 158 valence electrons. The lowest BCUT2D eigenvalue weighted by atomic mass is 10.1. The lowest BCUT2D eigenvalue weighted by Gasteiger charge is -2.25. The number of hydrogen-bond donors (Lipinski definition) is 1. The number of anilines is 1. The van der Waals surface area contributed by atoms with Crippen molar-refractivity contribution >= 4 is 11.6 Å². The quantitative estimate of drug-likeness (QED) is 0.690. The summed E-state index contributed by atoms with van der Waals surface area (Å²) in [6.45, 7) is 0.838. The van der Waals surface area contributed by atoms with Crippen LogP contribution in [0.15, 0.2) is 49.2 Å². The van der Waals surface area contributed by atoms with E-state index in [4.69, 9.17) is 0 Å². The lowest BCUT2D eigenvalue weighted by Crippen LogP contribution is -2.33. The third-order valence-corrected chi connectivity index (χ3v) is 5.30. The van der Waals surface area contributed by atoms with Crippen molar-refractivity contribution in [1.82, 2.24) is 24.2 Å². The molecule has 1 N–H and O–H groups in total. The van der Waals surface area contributed by atoms with Crippen LogP contribution in [0.25, 0.3) is 5.69 Å². The highest BCUT2D eigenvalue weighted by atomic mass is 19.4. The van der Waals surface area contributed by atoms with Gasteiger partial charge in [-0.3, -0.25) is 9.69 Å². The van der Waals surface area contributed by atoms with Gasteiger partial charge in [-0.2, -0.15) is 18.3 Å². The minimum Gasteiger partial charge on any atom is -0.353 e. The molecule has 1 fully saturated rings. The predicted octanol–water partition coefficient (Wildman–Crippen LogP) is 3.40. The van der Waals surface area contributed by atoms with Crippen LogP contribution >= 0.6 is 0 Å². The molecule has 1 saturated heterocycles. The zero-order valence-corrected chi connectivity index (χ0v) is 16.3. The minimum absolute atomic E-state index is 0.0370. The fourth-order valence-corrected chi connectivity index (χ4v) is 3.89. The molecule has 0 bridgehead atoms. The number of rotatable bonds is 5. The average molecular weight is 418 g/mol. The summed E-state index contributed by atoms with van der Waals surface area (Å²) < 4.78 is 42.9. The molecule has 0 spiro atoms. The second-order valence-corrected chi connectivity index (χ2v) is 7.29. The molecule has 1 aliphatic heterocycles. The number of carbonyl (C=O) groups is 1. The van der Waals surface area contributed by atoms with Gasteiger partial charge >= 0.3 is 6.18 Å². The van der Waals surface area contributed by atoms with Crippen LogP contribution in [0.3, 0.4) is 0 Å². The first-order valence-electron chi connectivity index (χ1n) is 9.54.